The van der Waals surface area contributed by atoms with Crippen LogP contribution in [0.1, 0.15) is 45.2 Å². The van der Waals surface area contributed by atoms with Crippen LogP contribution in [0.3, 0.4) is 0 Å². The molecule has 1 N–H and O–H groups in total. The monoisotopic (exact) mass is 361 g/mol. The fraction of sp³-hybridized carbons (Fsp3) is 0.529. The first kappa shape index (κ1) is 17.6. The summed E-state index contributed by atoms with van der Waals surface area (Å²) >= 11 is 1.53. The van der Waals surface area contributed by atoms with Crippen LogP contribution in [0, 0.1) is 0 Å². The van der Waals surface area contributed by atoms with E-state index in [-0.39, 0.29) is 12.0 Å². The van der Waals surface area contributed by atoms with E-state index >= 15 is 0 Å². The van der Waals surface area contributed by atoms with Gasteiger partial charge in [-0.3, -0.25) is 4.98 Å². The molecule has 0 saturated carbocycles. The zero-order valence-corrected chi connectivity index (χ0v) is 15.5. The highest BCUT2D eigenvalue weighted by molar-refractivity contribution is 7.13. The van der Waals surface area contributed by atoms with Crippen molar-refractivity contribution in [3.8, 4) is 0 Å². The Balaban J connectivity index is 1.63. The number of nitrogens with one attached hydrogen (secondary N) is 1. The molecule has 0 spiro atoms. The second-order valence-electron chi connectivity index (χ2n) is 7.06. The predicted molar refractivity (Wildman–Crippen MR) is 97.2 cm³/mol. The highest BCUT2D eigenvalue weighted by Crippen LogP contribution is 2.30. The third kappa shape index (κ3) is 4.88. The van der Waals surface area contributed by atoms with Crippen molar-refractivity contribution in [2.24, 2.45) is 0 Å². The van der Waals surface area contributed by atoms with E-state index in [1.165, 1.54) is 11.3 Å². The van der Waals surface area contributed by atoms with Gasteiger partial charge in [0.05, 0.1) is 11.9 Å². The van der Waals surface area contributed by atoms with E-state index in [9.17, 15) is 4.79 Å². The molecule has 1 fully saturated rings. The summed E-state index contributed by atoms with van der Waals surface area (Å²) in [5.41, 5.74) is 0.531. The Morgan fingerprint density at radius 2 is 2.24 bits per heavy atom. The molecule has 1 saturated heterocycles. The molecule has 3 rings (SSSR count). The smallest absolute Gasteiger partial charge is 0.410 e. The van der Waals surface area contributed by atoms with Gasteiger partial charge in [-0.2, -0.15) is 0 Å². The number of aromatic nitrogens is 3. The Labute approximate surface area is 151 Å². The van der Waals surface area contributed by atoms with E-state index in [0.29, 0.717) is 12.4 Å². The molecule has 0 aliphatic carbocycles. The molecule has 134 valence electrons. The lowest BCUT2D eigenvalue weighted by Crippen LogP contribution is -2.42. The van der Waals surface area contributed by atoms with Crippen LogP contribution in [0.15, 0.2) is 24.0 Å². The Morgan fingerprint density at radius 3 is 2.96 bits per heavy atom. The number of hydrogen-bond acceptors (Lipinski definition) is 7. The molecule has 0 aromatic carbocycles. The fourth-order valence-corrected chi connectivity index (χ4v) is 3.51. The standard InChI is InChI=1S/C17H23N5O2S/c1-17(2,3)24-16(23)22-8-4-5-12(10-22)13-11-25-15(20-13)21-14-9-18-6-7-19-14/h6-7,9,11-12H,4-5,8,10H2,1-3H3,(H,19,20,21). The van der Waals surface area contributed by atoms with Crippen molar-refractivity contribution in [2.75, 3.05) is 18.4 Å². The molecule has 7 nitrogen and oxygen atoms in total. The molecule has 2 aromatic rings. The maximum Gasteiger partial charge on any atom is 0.410 e. The second-order valence-corrected chi connectivity index (χ2v) is 7.92. The number of thiazole rings is 1. The zero-order valence-electron chi connectivity index (χ0n) is 14.7. The first-order valence-corrected chi connectivity index (χ1v) is 9.25. The van der Waals surface area contributed by atoms with Crippen LogP contribution in [-0.2, 0) is 4.74 Å². The van der Waals surface area contributed by atoms with Crippen molar-refractivity contribution in [1.82, 2.24) is 19.9 Å². The first-order valence-electron chi connectivity index (χ1n) is 8.37. The normalized spacial score (nSPS) is 18.0. The average Bonchev–Trinajstić information content (AvgIpc) is 3.03. The van der Waals surface area contributed by atoms with Gasteiger partial charge >= 0.3 is 6.09 Å². The second kappa shape index (κ2) is 7.35. The Hall–Kier alpha value is -2.22. The van der Waals surface area contributed by atoms with Crippen molar-refractivity contribution in [3.05, 3.63) is 29.7 Å². The molecule has 1 aliphatic heterocycles. The number of piperidine rings is 1. The number of anilines is 2. The number of hydrogen-bond donors (Lipinski definition) is 1. The average molecular weight is 361 g/mol. The van der Waals surface area contributed by atoms with Gasteiger partial charge in [-0.05, 0) is 33.6 Å². The Morgan fingerprint density at radius 1 is 1.40 bits per heavy atom. The van der Waals surface area contributed by atoms with E-state index in [0.717, 1.165) is 30.2 Å². The topological polar surface area (TPSA) is 80.2 Å². The van der Waals surface area contributed by atoms with E-state index in [4.69, 9.17) is 4.74 Å². The van der Waals surface area contributed by atoms with Gasteiger partial charge < -0.3 is 15.0 Å². The lowest BCUT2D eigenvalue weighted by Gasteiger charge is -2.33. The fourth-order valence-electron chi connectivity index (χ4n) is 2.72. The van der Waals surface area contributed by atoms with Gasteiger partial charge in [-0.25, -0.2) is 14.8 Å². The Bertz CT molecular complexity index is 713. The summed E-state index contributed by atoms with van der Waals surface area (Å²) < 4.78 is 5.49. The summed E-state index contributed by atoms with van der Waals surface area (Å²) in [5, 5.41) is 5.98. The van der Waals surface area contributed by atoms with Gasteiger partial charge in [0.15, 0.2) is 10.9 Å². The van der Waals surface area contributed by atoms with Gasteiger partial charge in [-0.1, -0.05) is 0 Å². The van der Waals surface area contributed by atoms with Crippen LogP contribution in [0.25, 0.3) is 0 Å². The number of ether oxygens (including phenoxy) is 1. The number of carbonyl (C=O) groups is 1. The lowest BCUT2D eigenvalue weighted by molar-refractivity contribution is 0.0197. The molecule has 1 unspecified atom stereocenters. The van der Waals surface area contributed by atoms with E-state index in [1.807, 2.05) is 26.2 Å². The number of likely N-dealkylation sites (tertiary alicyclic amines) is 1. The van der Waals surface area contributed by atoms with Crippen molar-refractivity contribution in [2.45, 2.75) is 45.1 Å². The van der Waals surface area contributed by atoms with E-state index < -0.39 is 5.60 Å². The molecule has 0 radical (unpaired) electrons. The van der Waals surface area contributed by atoms with Crippen molar-refractivity contribution >= 4 is 28.4 Å². The number of amides is 1. The summed E-state index contributed by atoms with van der Waals surface area (Å²) in [7, 11) is 0. The summed E-state index contributed by atoms with van der Waals surface area (Å²) in [6.45, 7) is 7.04. The molecule has 25 heavy (non-hydrogen) atoms. The zero-order chi connectivity index (χ0) is 17.9. The molecule has 0 bridgehead atoms. The largest absolute Gasteiger partial charge is 0.444 e. The first-order chi connectivity index (χ1) is 11.9. The highest BCUT2D eigenvalue weighted by Gasteiger charge is 2.29. The quantitative estimate of drug-likeness (QED) is 0.896. The minimum absolute atomic E-state index is 0.231. The summed E-state index contributed by atoms with van der Waals surface area (Å²) in [6.07, 6.45) is 6.65. The molecular weight excluding hydrogens is 338 g/mol. The minimum atomic E-state index is -0.474. The van der Waals surface area contributed by atoms with Gasteiger partial charge in [0.2, 0.25) is 0 Å². The Kier molecular flexibility index (Phi) is 5.17. The predicted octanol–water partition coefficient (Wildman–Crippen LogP) is 3.79. The van der Waals surface area contributed by atoms with Crippen LogP contribution in [0.4, 0.5) is 15.7 Å². The third-order valence-corrected chi connectivity index (χ3v) is 4.59. The molecular formula is C17H23N5O2S. The third-order valence-electron chi connectivity index (χ3n) is 3.81. The van der Waals surface area contributed by atoms with Crippen molar-refractivity contribution < 1.29 is 9.53 Å². The van der Waals surface area contributed by atoms with Gasteiger partial charge in [0, 0.05) is 36.8 Å². The van der Waals surface area contributed by atoms with E-state index in [2.05, 4.69) is 20.3 Å². The minimum Gasteiger partial charge on any atom is -0.444 e. The number of carbonyl (C=O) groups excluding carboxylic acids is 1. The molecule has 2 aromatic heterocycles. The summed E-state index contributed by atoms with van der Waals surface area (Å²) in [6, 6.07) is 0. The van der Waals surface area contributed by atoms with Gasteiger partial charge in [0.25, 0.3) is 0 Å². The van der Waals surface area contributed by atoms with E-state index in [1.54, 1.807) is 23.5 Å². The number of rotatable bonds is 3. The van der Waals surface area contributed by atoms with Crippen molar-refractivity contribution in [1.29, 1.82) is 0 Å². The SMILES string of the molecule is CC(C)(C)OC(=O)N1CCCC(c2csc(Nc3cnccn3)n2)C1. The maximum atomic E-state index is 12.3. The number of nitrogens with zero attached hydrogens (tertiary/aromatic N) is 4. The molecule has 3 heterocycles. The highest BCUT2D eigenvalue weighted by atomic mass is 32.1. The summed E-state index contributed by atoms with van der Waals surface area (Å²) in [5.74, 6) is 0.900. The molecule has 1 atom stereocenters. The molecule has 1 aliphatic rings. The molecule has 1 amide bonds. The van der Waals surface area contributed by atoms with Crippen LogP contribution >= 0.6 is 11.3 Å². The van der Waals surface area contributed by atoms with Crippen molar-refractivity contribution in [3.63, 3.8) is 0 Å². The lowest BCUT2D eigenvalue weighted by atomic mass is 9.96. The maximum absolute atomic E-state index is 12.3. The van der Waals surface area contributed by atoms with Crippen LogP contribution in [0.5, 0.6) is 0 Å². The summed E-state index contributed by atoms with van der Waals surface area (Å²) in [4.78, 5) is 27.0. The van der Waals surface area contributed by atoms with Crippen LogP contribution in [0.2, 0.25) is 0 Å². The van der Waals surface area contributed by atoms with Crippen LogP contribution < -0.4 is 5.32 Å². The van der Waals surface area contributed by atoms with Gasteiger partial charge in [0.1, 0.15) is 5.60 Å². The van der Waals surface area contributed by atoms with Crippen LogP contribution in [-0.4, -0.2) is 44.6 Å². The molecule has 8 heteroatoms. The van der Waals surface area contributed by atoms with Gasteiger partial charge in [-0.15, -0.1) is 11.3 Å².